The van der Waals surface area contributed by atoms with E-state index in [0.717, 1.165) is 12.8 Å². The standard InChI is InChI=1S/C13H22O2/c1-12(2,3)11(15)9-8-13(4,5)7-6-10(9)14/h9H,6-8H2,1-5H3. The average Bonchev–Trinajstić information content (AvgIpc) is 2.06. The zero-order valence-electron chi connectivity index (χ0n) is 10.5. The van der Waals surface area contributed by atoms with Gasteiger partial charge in [0, 0.05) is 11.8 Å². The van der Waals surface area contributed by atoms with Crippen molar-refractivity contribution in [2.75, 3.05) is 0 Å². The fourth-order valence-electron chi connectivity index (χ4n) is 2.17. The normalized spacial score (nSPS) is 26.5. The molecule has 0 aromatic rings. The van der Waals surface area contributed by atoms with Crippen LogP contribution in [0.3, 0.4) is 0 Å². The van der Waals surface area contributed by atoms with Crippen LogP contribution >= 0.6 is 0 Å². The van der Waals surface area contributed by atoms with Crippen molar-refractivity contribution in [3.63, 3.8) is 0 Å². The highest BCUT2D eigenvalue weighted by atomic mass is 16.2. The lowest BCUT2D eigenvalue weighted by Gasteiger charge is -2.35. The van der Waals surface area contributed by atoms with Crippen LogP contribution in [0.4, 0.5) is 0 Å². The van der Waals surface area contributed by atoms with E-state index in [4.69, 9.17) is 0 Å². The Balaban J connectivity index is 2.84. The van der Waals surface area contributed by atoms with E-state index in [1.54, 1.807) is 0 Å². The zero-order chi connectivity index (χ0) is 11.9. The van der Waals surface area contributed by atoms with Crippen molar-refractivity contribution in [3.05, 3.63) is 0 Å². The summed E-state index contributed by atoms with van der Waals surface area (Å²) in [5.41, 5.74) is -0.257. The maximum absolute atomic E-state index is 12.1. The van der Waals surface area contributed by atoms with Gasteiger partial charge in [-0.25, -0.2) is 0 Å². The topological polar surface area (TPSA) is 34.1 Å². The maximum atomic E-state index is 12.1. The molecule has 1 rings (SSSR count). The Bertz CT molecular complexity index is 281. The van der Waals surface area contributed by atoms with Gasteiger partial charge in [0.25, 0.3) is 0 Å². The minimum absolute atomic E-state index is 0.111. The summed E-state index contributed by atoms with van der Waals surface area (Å²) in [6.07, 6.45) is 2.21. The molecule has 0 aliphatic heterocycles. The third kappa shape index (κ3) is 2.90. The minimum atomic E-state index is -0.395. The van der Waals surface area contributed by atoms with Crippen LogP contribution in [-0.2, 0) is 9.59 Å². The number of hydrogen-bond acceptors (Lipinski definition) is 2. The van der Waals surface area contributed by atoms with Gasteiger partial charge in [0.2, 0.25) is 0 Å². The van der Waals surface area contributed by atoms with Crippen molar-refractivity contribution in [2.24, 2.45) is 16.7 Å². The van der Waals surface area contributed by atoms with Gasteiger partial charge in [0.15, 0.2) is 0 Å². The molecule has 1 aliphatic rings. The van der Waals surface area contributed by atoms with E-state index in [1.807, 2.05) is 20.8 Å². The summed E-state index contributed by atoms with van der Waals surface area (Å²) >= 11 is 0. The molecule has 1 aliphatic carbocycles. The van der Waals surface area contributed by atoms with Crippen molar-refractivity contribution in [1.29, 1.82) is 0 Å². The first-order chi connectivity index (χ1) is 6.63. The highest BCUT2D eigenvalue weighted by Gasteiger charge is 2.41. The Hall–Kier alpha value is -0.660. The molecule has 0 heterocycles. The molecule has 1 atom stereocenters. The minimum Gasteiger partial charge on any atom is -0.299 e. The number of hydrogen-bond donors (Lipinski definition) is 0. The van der Waals surface area contributed by atoms with E-state index in [2.05, 4.69) is 13.8 Å². The summed E-state index contributed by atoms with van der Waals surface area (Å²) in [7, 11) is 0. The molecule has 1 unspecified atom stereocenters. The summed E-state index contributed by atoms with van der Waals surface area (Å²) in [5.74, 6) is -0.0942. The summed E-state index contributed by atoms with van der Waals surface area (Å²) in [5, 5.41) is 0. The number of carbonyl (C=O) groups excluding carboxylic acids is 2. The van der Waals surface area contributed by atoms with E-state index < -0.39 is 5.41 Å². The van der Waals surface area contributed by atoms with Crippen molar-refractivity contribution >= 4 is 11.6 Å². The molecule has 0 radical (unpaired) electrons. The zero-order valence-corrected chi connectivity index (χ0v) is 10.5. The Morgan fingerprint density at radius 3 is 2.33 bits per heavy atom. The summed E-state index contributed by atoms with van der Waals surface area (Å²) in [6.45, 7) is 9.96. The number of ketones is 2. The van der Waals surface area contributed by atoms with Gasteiger partial charge < -0.3 is 0 Å². The van der Waals surface area contributed by atoms with Crippen LogP contribution in [0.1, 0.15) is 53.9 Å². The Morgan fingerprint density at radius 2 is 1.87 bits per heavy atom. The predicted octanol–water partition coefficient (Wildman–Crippen LogP) is 3.00. The fourth-order valence-corrected chi connectivity index (χ4v) is 2.17. The van der Waals surface area contributed by atoms with Crippen LogP contribution in [0.25, 0.3) is 0 Å². The average molecular weight is 210 g/mol. The SMILES string of the molecule is CC1(C)CCC(=O)C(C(=O)C(C)(C)C)C1. The molecule has 1 saturated carbocycles. The summed E-state index contributed by atoms with van der Waals surface area (Å²) in [4.78, 5) is 23.8. The second-order valence-electron chi connectivity index (χ2n) is 6.50. The largest absolute Gasteiger partial charge is 0.299 e. The first-order valence-corrected chi connectivity index (χ1v) is 5.70. The van der Waals surface area contributed by atoms with Gasteiger partial charge in [-0.05, 0) is 18.3 Å². The molecule has 2 nitrogen and oxygen atoms in total. The van der Waals surface area contributed by atoms with Crippen molar-refractivity contribution in [1.82, 2.24) is 0 Å². The molecule has 2 heteroatoms. The maximum Gasteiger partial charge on any atom is 0.148 e. The summed E-state index contributed by atoms with van der Waals surface area (Å²) in [6, 6.07) is 0. The van der Waals surface area contributed by atoms with E-state index in [9.17, 15) is 9.59 Å². The Labute approximate surface area is 92.4 Å². The highest BCUT2D eigenvalue weighted by Crippen LogP contribution is 2.39. The third-order valence-electron chi connectivity index (χ3n) is 3.25. The third-order valence-corrected chi connectivity index (χ3v) is 3.25. The van der Waals surface area contributed by atoms with Gasteiger partial charge in [0.05, 0.1) is 5.92 Å². The van der Waals surface area contributed by atoms with E-state index >= 15 is 0 Å². The number of rotatable bonds is 1. The molecule has 0 N–H and O–H groups in total. The van der Waals surface area contributed by atoms with Crippen LogP contribution in [0.15, 0.2) is 0 Å². The second kappa shape index (κ2) is 3.73. The predicted molar refractivity (Wildman–Crippen MR) is 60.6 cm³/mol. The monoisotopic (exact) mass is 210 g/mol. The van der Waals surface area contributed by atoms with Gasteiger partial charge in [-0.3, -0.25) is 9.59 Å². The van der Waals surface area contributed by atoms with Crippen LogP contribution in [0.2, 0.25) is 0 Å². The quantitative estimate of drug-likeness (QED) is 0.623. The Kier molecular flexibility index (Phi) is 3.09. The molecule has 15 heavy (non-hydrogen) atoms. The molecule has 0 amide bonds. The second-order valence-corrected chi connectivity index (χ2v) is 6.50. The molecule has 0 aromatic carbocycles. The smallest absolute Gasteiger partial charge is 0.148 e. The first-order valence-electron chi connectivity index (χ1n) is 5.70. The van der Waals surface area contributed by atoms with Gasteiger partial charge in [0.1, 0.15) is 11.6 Å². The van der Waals surface area contributed by atoms with Crippen LogP contribution in [0, 0.1) is 16.7 Å². The molecule has 0 spiro atoms. The van der Waals surface area contributed by atoms with Gasteiger partial charge in [-0.15, -0.1) is 0 Å². The summed E-state index contributed by atoms with van der Waals surface area (Å²) < 4.78 is 0. The van der Waals surface area contributed by atoms with Crippen LogP contribution in [0.5, 0.6) is 0 Å². The van der Waals surface area contributed by atoms with Gasteiger partial charge >= 0.3 is 0 Å². The first kappa shape index (κ1) is 12.4. The number of Topliss-reactive ketones (excluding diaryl/α,β-unsaturated/α-hetero) is 2. The lowest BCUT2D eigenvalue weighted by Crippen LogP contribution is -2.40. The van der Waals surface area contributed by atoms with Gasteiger partial charge in [-0.1, -0.05) is 34.6 Å². The van der Waals surface area contributed by atoms with Crippen LogP contribution < -0.4 is 0 Å². The molecule has 0 saturated heterocycles. The molecular formula is C13H22O2. The van der Waals surface area contributed by atoms with Gasteiger partial charge in [-0.2, -0.15) is 0 Å². The van der Waals surface area contributed by atoms with Crippen molar-refractivity contribution in [2.45, 2.75) is 53.9 Å². The van der Waals surface area contributed by atoms with E-state index in [-0.39, 0.29) is 22.9 Å². The molecular weight excluding hydrogens is 188 g/mol. The highest BCUT2D eigenvalue weighted by molar-refractivity contribution is 6.04. The molecule has 0 aromatic heterocycles. The van der Waals surface area contributed by atoms with Crippen molar-refractivity contribution < 1.29 is 9.59 Å². The lowest BCUT2D eigenvalue weighted by molar-refractivity contribution is -0.141. The molecule has 1 fully saturated rings. The van der Waals surface area contributed by atoms with E-state index in [1.165, 1.54) is 0 Å². The Morgan fingerprint density at radius 1 is 1.33 bits per heavy atom. The molecule has 86 valence electrons. The number of carbonyl (C=O) groups is 2. The molecule has 0 bridgehead atoms. The fraction of sp³-hybridized carbons (Fsp3) is 0.846. The lowest BCUT2D eigenvalue weighted by atomic mass is 9.67. The van der Waals surface area contributed by atoms with Crippen molar-refractivity contribution in [3.8, 4) is 0 Å². The van der Waals surface area contributed by atoms with E-state index in [0.29, 0.717) is 6.42 Å². The van der Waals surface area contributed by atoms with Crippen LogP contribution in [-0.4, -0.2) is 11.6 Å².